The van der Waals surface area contributed by atoms with Crippen LogP contribution in [0.4, 0.5) is 5.13 Å². The van der Waals surface area contributed by atoms with E-state index in [0.29, 0.717) is 5.13 Å². The monoisotopic (exact) mass is 328 g/mol. The Morgan fingerprint density at radius 3 is 2.52 bits per heavy atom. The lowest BCUT2D eigenvalue weighted by Gasteiger charge is -2.21. The Bertz CT molecular complexity index is 796. The fourth-order valence-electron chi connectivity index (χ4n) is 2.44. The number of rotatable bonds is 5. The summed E-state index contributed by atoms with van der Waals surface area (Å²) in [5.74, 6) is -1.06. The van der Waals surface area contributed by atoms with Gasteiger partial charge < -0.3 is 15.5 Å². The van der Waals surface area contributed by atoms with Crippen LogP contribution >= 0.6 is 11.3 Å². The first-order valence-electron chi connectivity index (χ1n) is 7.18. The molecule has 5 nitrogen and oxygen atoms in total. The molecule has 0 amide bonds. The average molecular weight is 328 g/mol. The second-order valence-electron chi connectivity index (χ2n) is 5.33. The van der Waals surface area contributed by atoms with Crippen molar-refractivity contribution in [2.75, 3.05) is 5.32 Å². The van der Waals surface area contributed by atoms with Crippen LogP contribution in [-0.4, -0.2) is 27.2 Å². The van der Waals surface area contributed by atoms with E-state index < -0.39 is 12.0 Å². The van der Waals surface area contributed by atoms with Crippen molar-refractivity contribution in [3.8, 4) is 5.75 Å². The number of carboxylic acids is 1. The predicted molar refractivity (Wildman–Crippen MR) is 91.2 cm³/mol. The molecule has 2 aromatic carbocycles. The van der Waals surface area contributed by atoms with Crippen molar-refractivity contribution < 1.29 is 15.0 Å². The number of aromatic nitrogens is 1. The molecule has 0 aliphatic rings. The van der Waals surface area contributed by atoms with E-state index in [9.17, 15) is 15.0 Å². The molecule has 6 heteroatoms. The van der Waals surface area contributed by atoms with Crippen molar-refractivity contribution in [3.05, 3.63) is 54.1 Å². The molecule has 0 spiro atoms. The van der Waals surface area contributed by atoms with E-state index in [2.05, 4.69) is 10.3 Å². The standard InChI is InChI=1S/C17H16N2O3S/c1-10(11-6-8-12(20)9-7-11)15(16(21)22)19-17-18-13-4-2-3-5-14(13)23-17/h2-10,15,20H,1H3,(H,18,19)(H,21,22)/t10?,15-/m0/s1. The molecule has 3 rings (SSSR count). The number of aliphatic carboxylic acids is 1. The van der Waals surface area contributed by atoms with Gasteiger partial charge in [0.05, 0.1) is 10.2 Å². The van der Waals surface area contributed by atoms with Crippen LogP contribution in [0, 0.1) is 0 Å². The maximum Gasteiger partial charge on any atom is 0.326 e. The van der Waals surface area contributed by atoms with Crippen molar-refractivity contribution in [2.45, 2.75) is 18.9 Å². The molecule has 0 aliphatic carbocycles. The Balaban J connectivity index is 1.86. The van der Waals surface area contributed by atoms with Gasteiger partial charge in [0, 0.05) is 5.92 Å². The second-order valence-corrected chi connectivity index (χ2v) is 6.36. The number of phenolic OH excluding ortho intramolecular Hbond substituents is 1. The van der Waals surface area contributed by atoms with E-state index in [-0.39, 0.29) is 11.7 Å². The summed E-state index contributed by atoms with van der Waals surface area (Å²) < 4.78 is 1.01. The summed E-state index contributed by atoms with van der Waals surface area (Å²) in [6.45, 7) is 1.84. The molecule has 0 saturated heterocycles. The van der Waals surface area contributed by atoms with Gasteiger partial charge in [0.2, 0.25) is 0 Å². The summed E-state index contributed by atoms with van der Waals surface area (Å²) in [7, 11) is 0. The van der Waals surface area contributed by atoms with Crippen LogP contribution in [0.25, 0.3) is 10.2 Å². The van der Waals surface area contributed by atoms with Crippen molar-refractivity contribution in [2.24, 2.45) is 0 Å². The number of aromatic hydroxyl groups is 1. The number of phenols is 1. The number of nitrogens with zero attached hydrogens (tertiary/aromatic N) is 1. The lowest BCUT2D eigenvalue weighted by molar-refractivity contribution is -0.138. The Kier molecular flexibility index (Phi) is 4.16. The molecular formula is C17H16N2O3S. The summed E-state index contributed by atoms with van der Waals surface area (Å²) in [4.78, 5) is 16.1. The van der Waals surface area contributed by atoms with Gasteiger partial charge in [-0.2, -0.15) is 0 Å². The highest BCUT2D eigenvalue weighted by atomic mass is 32.1. The summed E-state index contributed by atoms with van der Waals surface area (Å²) in [5, 5.41) is 22.5. The highest BCUT2D eigenvalue weighted by molar-refractivity contribution is 7.22. The molecule has 0 bridgehead atoms. The van der Waals surface area contributed by atoms with Crippen LogP contribution in [0.1, 0.15) is 18.4 Å². The Morgan fingerprint density at radius 2 is 1.87 bits per heavy atom. The predicted octanol–water partition coefficient (Wildman–Crippen LogP) is 3.67. The fourth-order valence-corrected chi connectivity index (χ4v) is 3.34. The summed E-state index contributed by atoms with van der Waals surface area (Å²) in [5.41, 5.74) is 1.69. The van der Waals surface area contributed by atoms with Crippen LogP contribution in [0.5, 0.6) is 5.75 Å². The molecule has 1 aromatic heterocycles. The topological polar surface area (TPSA) is 82.5 Å². The first kappa shape index (κ1) is 15.3. The van der Waals surface area contributed by atoms with E-state index in [0.717, 1.165) is 15.8 Å². The molecule has 1 heterocycles. The van der Waals surface area contributed by atoms with Crippen LogP contribution in [0.15, 0.2) is 48.5 Å². The summed E-state index contributed by atoms with van der Waals surface area (Å²) in [6, 6.07) is 13.5. The van der Waals surface area contributed by atoms with E-state index in [4.69, 9.17) is 0 Å². The molecule has 0 aliphatic heterocycles. The van der Waals surface area contributed by atoms with E-state index in [1.807, 2.05) is 31.2 Å². The number of anilines is 1. The smallest absolute Gasteiger partial charge is 0.326 e. The molecule has 2 atom stereocenters. The Morgan fingerprint density at radius 1 is 1.17 bits per heavy atom. The highest BCUT2D eigenvalue weighted by Crippen LogP contribution is 2.29. The lowest BCUT2D eigenvalue weighted by atomic mass is 9.93. The molecule has 118 valence electrons. The second kappa shape index (κ2) is 6.26. The van der Waals surface area contributed by atoms with Crippen molar-refractivity contribution >= 4 is 32.7 Å². The fraction of sp³-hybridized carbons (Fsp3) is 0.176. The van der Waals surface area contributed by atoms with Crippen molar-refractivity contribution in [1.29, 1.82) is 0 Å². The lowest BCUT2D eigenvalue weighted by Crippen LogP contribution is -2.34. The third-order valence-electron chi connectivity index (χ3n) is 3.76. The zero-order valence-corrected chi connectivity index (χ0v) is 13.2. The Labute approximate surface area is 137 Å². The molecule has 3 aromatic rings. The first-order valence-corrected chi connectivity index (χ1v) is 8.00. The number of hydrogen-bond acceptors (Lipinski definition) is 5. The molecule has 0 radical (unpaired) electrons. The molecule has 0 fully saturated rings. The zero-order chi connectivity index (χ0) is 16.4. The third kappa shape index (κ3) is 3.27. The van der Waals surface area contributed by atoms with Gasteiger partial charge in [0.15, 0.2) is 5.13 Å². The largest absolute Gasteiger partial charge is 0.508 e. The van der Waals surface area contributed by atoms with Crippen LogP contribution < -0.4 is 5.32 Å². The van der Waals surface area contributed by atoms with E-state index >= 15 is 0 Å². The quantitative estimate of drug-likeness (QED) is 0.665. The van der Waals surface area contributed by atoms with Gasteiger partial charge in [-0.05, 0) is 29.8 Å². The van der Waals surface area contributed by atoms with E-state index in [1.54, 1.807) is 24.3 Å². The van der Waals surface area contributed by atoms with Gasteiger partial charge in [-0.3, -0.25) is 0 Å². The molecular weight excluding hydrogens is 312 g/mol. The van der Waals surface area contributed by atoms with E-state index in [1.165, 1.54) is 11.3 Å². The molecule has 23 heavy (non-hydrogen) atoms. The number of fused-ring (bicyclic) bond motifs is 1. The maximum absolute atomic E-state index is 11.7. The number of thiazole rings is 1. The summed E-state index contributed by atoms with van der Waals surface area (Å²) in [6.07, 6.45) is 0. The SMILES string of the molecule is CC(c1ccc(O)cc1)[C@H](Nc1nc2ccccc2s1)C(=O)O. The molecule has 3 N–H and O–H groups in total. The average Bonchev–Trinajstić information content (AvgIpc) is 2.95. The van der Waals surface area contributed by atoms with Gasteiger partial charge in [0.25, 0.3) is 0 Å². The summed E-state index contributed by atoms with van der Waals surface area (Å²) >= 11 is 1.43. The minimum atomic E-state index is -0.940. The highest BCUT2D eigenvalue weighted by Gasteiger charge is 2.27. The van der Waals surface area contributed by atoms with Crippen molar-refractivity contribution in [1.82, 2.24) is 4.98 Å². The number of hydrogen-bond donors (Lipinski definition) is 3. The van der Waals surface area contributed by atoms with Gasteiger partial charge in [-0.25, -0.2) is 9.78 Å². The zero-order valence-electron chi connectivity index (χ0n) is 12.4. The van der Waals surface area contributed by atoms with Gasteiger partial charge >= 0.3 is 5.97 Å². The normalized spacial score (nSPS) is 13.6. The number of carboxylic acid groups (broad SMARTS) is 1. The molecule has 0 saturated carbocycles. The maximum atomic E-state index is 11.7. The van der Waals surface area contributed by atoms with Crippen LogP contribution in [-0.2, 0) is 4.79 Å². The Hall–Kier alpha value is -2.60. The van der Waals surface area contributed by atoms with Gasteiger partial charge in [0.1, 0.15) is 11.8 Å². The third-order valence-corrected chi connectivity index (χ3v) is 4.73. The number of nitrogens with one attached hydrogen (secondary N) is 1. The van der Waals surface area contributed by atoms with Crippen molar-refractivity contribution in [3.63, 3.8) is 0 Å². The first-order chi connectivity index (χ1) is 11.0. The minimum Gasteiger partial charge on any atom is -0.508 e. The number of carbonyl (C=O) groups is 1. The molecule has 1 unspecified atom stereocenters. The number of para-hydroxylation sites is 1. The van der Waals surface area contributed by atoms with Gasteiger partial charge in [-0.15, -0.1) is 0 Å². The van der Waals surface area contributed by atoms with Gasteiger partial charge in [-0.1, -0.05) is 42.5 Å². The minimum absolute atomic E-state index is 0.159. The van der Waals surface area contributed by atoms with Crippen LogP contribution in [0.3, 0.4) is 0 Å². The van der Waals surface area contributed by atoms with Crippen LogP contribution in [0.2, 0.25) is 0 Å². The number of benzene rings is 2.